The van der Waals surface area contributed by atoms with Crippen LogP contribution >= 0.6 is 0 Å². The van der Waals surface area contributed by atoms with E-state index >= 15 is 0 Å². The van der Waals surface area contributed by atoms with Crippen molar-refractivity contribution in [2.45, 2.75) is 24.9 Å². The van der Waals surface area contributed by atoms with E-state index in [1.54, 1.807) is 7.11 Å². The number of nitrogens with zero attached hydrogens (tertiary/aromatic N) is 1. The summed E-state index contributed by atoms with van der Waals surface area (Å²) in [5, 5.41) is 6.22. The number of carbonyl (C=O) groups is 1. The Kier molecular flexibility index (Phi) is 6.35. The molecule has 0 spiro atoms. The summed E-state index contributed by atoms with van der Waals surface area (Å²) in [5.41, 5.74) is 2.32. The molecule has 27 heavy (non-hydrogen) atoms. The van der Waals surface area contributed by atoms with Crippen LogP contribution in [0.1, 0.15) is 36.1 Å². The van der Waals surface area contributed by atoms with E-state index in [9.17, 15) is 4.79 Å². The van der Waals surface area contributed by atoms with Crippen molar-refractivity contribution in [2.24, 2.45) is 5.92 Å². The molecule has 0 heterocycles. The van der Waals surface area contributed by atoms with Crippen molar-refractivity contribution >= 4 is 6.03 Å². The molecule has 0 bridgehead atoms. The van der Waals surface area contributed by atoms with E-state index in [1.807, 2.05) is 56.6 Å². The minimum atomic E-state index is -0.115. The molecule has 5 heteroatoms. The van der Waals surface area contributed by atoms with E-state index < -0.39 is 0 Å². The molecule has 2 unspecified atom stereocenters. The fourth-order valence-electron chi connectivity index (χ4n) is 3.37. The van der Waals surface area contributed by atoms with Gasteiger partial charge in [-0.2, -0.15) is 0 Å². The van der Waals surface area contributed by atoms with E-state index in [0.29, 0.717) is 12.5 Å². The Balaban J connectivity index is 1.60. The highest BCUT2D eigenvalue weighted by molar-refractivity contribution is 5.74. The van der Waals surface area contributed by atoms with E-state index in [0.717, 1.165) is 11.3 Å². The van der Waals surface area contributed by atoms with Crippen molar-refractivity contribution < 1.29 is 9.53 Å². The Hall–Kier alpha value is -2.53. The normalized spacial score (nSPS) is 15.9. The molecule has 5 nitrogen and oxygen atoms in total. The lowest BCUT2D eigenvalue weighted by Crippen LogP contribution is -2.42. The lowest BCUT2D eigenvalue weighted by molar-refractivity contribution is 0.228. The van der Waals surface area contributed by atoms with Gasteiger partial charge < -0.3 is 20.3 Å². The van der Waals surface area contributed by atoms with Gasteiger partial charge in [-0.15, -0.1) is 0 Å². The molecule has 2 N–H and O–H groups in total. The summed E-state index contributed by atoms with van der Waals surface area (Å²) < 4.78 is 5.23. The molecule has 2 amide bonds. The van der Waals surface area contributed by atoms with Crippen LogP contribution in [-0.4, -0.2) is 38.7 Å². The number of benzene rings is 2. The molecule has 2 aromatic rings. The number of nitrogens with one attached hydrogen (secondary N) is 2. The molecular formula is C22H29N3O2. The summed E-state index contributed by atoms with van der Waals surface area (Å²) in [4.78, 5) is 14.7. The summed E-state index contributed by atoms with van der Waals surface area (Å²) in [5.74, 6) is 1.38. The van der Waals surface area contributed by atoms with E-state index in [2.05, 4.69) is 27.7 Å². The van der Waals surface area contributed by atoms with Gasteiger partial charge in [-0.25, -0.2) is 4.79 Å². The molecule has 0 aromatic heterocycles. The number of hydrogen-bond donors (Lipinski definition) is 2. The number of rotatable bonds is 8. The van der Waals surface area contributed by atoms with Crippen LogP contribution < -0.4 is 15.4 Å². The number of urea groups is 1. The van der Waals surface area contributed by atoms with Gasteiger partial charge in [-0.05, 0) is 56.1 Å². The van der Waals surface area contributed by atoms with Crippen LogP contribution in [0.2, 0.25) is 0 Å². The van der Waals surface area contributed by atoms with Crippen molar-refractivity contribution in [2.75, 3.05) is 27.7 Å². The van der Waals surface area contributed by atoms with Crippen LogP contribution in [0.4, 0.5) is 4.79 Å². The Labute approximate surface area is 161 Å². The van der Waals surface area contributed by atoms with Gasteiger partial charge in [0.05, 0.1) is 19.2 Å². The summed E-state index contributed by atoms with van der Waals surface area (Å²) in [6, 6.07) is 18.3. The fourth-order valence-corrected chi connectivity index (χ4v) is 3.37. The molecule has 0 saturated heterocycles. The SMILES string of the molecule is COc1ccc(C(CNC(=O)NC(c2ccccc2)C2CC2)N(C)C)cc1. The molecule has 2 aromatic carbocycles. The van der Waals surface area contributed by atoms with Crippen molar-refractivity contribution in [3.63, 3.8) is 0 Å². The second-order valence-corrected chi connectivity index (χ2v) is 7.33. The Morgan fingerprint density at radius 1 is 1.07 bits per heavy atom. The molecule has 1 aliphatic carbocycles. The molecule has 0 aliphatic heterocycles. The van der Waals surface area contributed by atoms with Crippen LogP contribution in [0.25, 0.3) is 0 Å². The van der Waals surface area contributed by atoms with Gasteiger partial charge >= 0.3 is 6.03 Å². The Bertz CT molecular complexity index is 727. The third kappa shape index (κ3) is 5.23. The molecular weight excluding hydrogens is 338 g/mol. The lowest BCUT2D eigenvalue weighted by Gasteiger charge is -2.26. The Morgan fingerprint density at radius 3 is 2.30 bits per heavy atom. The molecule has 1 aliphatic rings. The summed E-state index contributed by atoms with van der Waals surface area (Å²) in [6.45, 7) is 0.539. The fraction of sp³-hybridized carbons (Fsp3) is 0.409. The molecule has 144 valence electrons. The van der Waals surface area contributed by atoms with Crippen LogP contribution in [0.15, 0.2) is 54.6 Å². The van der Waals surface area contributed by atoms with E-state index in [4.69, 9.17) is 4.74 Å². The van der Waals surface area contributed by atoms with E-state index in [-0.39, 0.29) is 18.1 Å². The van der Waals surface area contributed by atoms with Crippen LogP contribution in [0, 0.1) is 5.92 Å². The predicted molar refractivity (Wildman–Crippen MR) is 108 cm³/mol. The smallest absolute Gasteiger partial charge is 0.315 e. The molecule has 2 atom stereocenters. The van der Waals surface area contributed by atoms with Gasteiger partial charge in [0.25, 0.3) is 0 Å². The zero-order valence-corrected chi connectivity index (χ0v) is 16.3. The van der Waals surface area contributed by atoms with Gasteiger partial charge in [0, 0.05) is 6.54 Å². The summed E-state index contributed by atoms with van der Waals surface area (Å²) in [7, 11) is 5.70. The second kappa shape index (κ2) is 8.91. The number of amides is 2. The maximum absolute atomic E-state index is 12.6. The largest absolute Gasteiger partial charge is 0.497 e. The third-order valence-electron chi connectivity index (χ3n) is 5.12. The first-order valence-electron chi connectivity index (χ1n) is 9.48. The highest BCUT2D eigenvalue weighted by Crippen LogP contribution is 2.40. The topological polar surface area (TPSA) is 53.6 Å². The number of ether oxygens (including phenoxy) is 1. The van der Waals surface area contributed by atoms with Crippen molar-refractivity contribution in [3.05, 3.63) is 65.7 Å². The predicted octanol–water partition coefficient (Wildman–Crippen LogP) is 3.75. The standard InChI is InChI=1S/C22H29N3O2/c1-25(2)20(16-11-13-19(27-3)14-12-16)15-23-22(26)24-21(18-9-10-18)17-7-5-4-6-8-17/h4-8,11-14,18,20-21H,9-10,15H2,1-3H3,(H2,23,24,26). The monoisotopic (exact) mass is 367 g/mol. The van der Waals surface area contributed by atoms with E-state index in [1.165, 1.54) is 18.4 Å². The molecule has 0 radical (unpaired) electrons. The zero-order valence-electron chi connectivity index (χ0n) is 16.3. The van der Waals surface area contributed by atoms with Gasteiger partial charge in [-0.3, -0.25) is 0 Å². The maximum atomic E-state index is 12.6. The highest BCUT2D eigenvalue weighted by atomic mass is 16.5. The molecule has 3 rings (SSSR count). The summed E-state index contributed by atoms with van der Waals surface area (Å²) in [6.07, 6.45) is 2.35. The highest BCUT2D eigenvalue weighted by Gasteiger charge is 2.33. The Morgan fingerprint density at radius 2 is 1.74 bits per heavy atom. The van der Waals surface area contributed by atoms with Crippen molar-refractivity contribution in [1.29, 1.82) is 0 Å². The van der Waals surface area contributed by atoms with Gasteiger partial charge in [0.2, 0.25) is 0 Å². The van der Waals surface area contributed by atoms with Gasteiger partial charge in [0.15, 0.2) is 0 Å². The average Bonchev–Trinajstić information content (AvgIpc) is 3.52. The average molecular weight is 367 g/mol. The zero-order chi connectivity index (χ0) is 19.2. The number of methoxy groups -OCH3 is 1. The first-order chi connectivity index (χ1) is 13.1. The quantitative estimate of drug-likeness (QED) is 0.747. The molecule has 1 fully saturated rings. The molecule has 1 saturated carbocycles. The number of carbonyl (C=O) groups excluding carboxylic acids is 1. The lowest BCUT2D eigenvalue weighted by atomic mass is 10.0. The minimum Gasteiger partial charge on any atom is -0.497 e. The maximum Gasteiger partial charge on any atom is 0.315 e. The van der Waals surface area contributed by atoms with Crippen molar-refractivity contribution in [1.82, 2.24) is 15.5 Å². The van der Waals surface area contributed by atoms with Gasteiger partial charge in [0.1, 0.15) is 5.75 Å². The first kappa shape index (κ1) is 19.2. The minimum absolute atomic E-state index is 0.0880. The second-order valence-electron chi connectivity index (χ2n) is 7.33. The third-order valence-corrected chi connectivity index (χ3v) is 5.12. The number of hydrogen-bond acceptors (Lipinski definition) is 3. The summed E-state index contributed by atoms with van der Waals surface area (Å²) >= 11 is 0. The number of likely N-dealkylation sites (N-methyl/N-ethyl adjacent to an activating group) is 1. The first-order valence-corrected chi connectivity index (χ1v) is 9.48. The van der Waals surface area contributed by atoms with Crippen LogP contribution in [-0.2, 0) is 0 Å². The van der Waals surface area contributed by atoms with Gasteiger partial charge in [-0.1, -0.05) is 42.5 Å². The van der Waals surface area contributed by atoms with Crippen LogP contribution in [0.5, 0.6) is 5.75 Å². The van der Waals surface area contributed by atoms with Crippen molar-refractivity contribution in [3.8, 4) is 5.75 Å². The van der Waals surface area contributed by atoms with Crippen LogP contribution in [0.3, 0.4) is 0 Å².